The molecule has 9 heavy (non-hydrogen) atoms. The zero-order valence-corrected chi connectivity index (χ0v) is 7.60. The monoisotopic (exact) mass is 240 g/mol. The molecule has 3 heteroatoms. The summed E-state index contributed by atoms with van der Waals surface area (Å²) in [6.07, 6.45) is 4.90. The van der Waals surface area contributed by atoms with Crippen molar-refractivity contribution < 1.29 is 0 Å². The molecule has 1 saturated carbocycles. The highest BCUT2D eigenvalue weighted by Crippen LogP contribution is 2.17. The largest absolute Gasteiger partial charge is 0.328 e. The SMILES string of the molecule is NC1CCC(NI)CC1. The van der Waals surface area contributed by atoms with E-state index in [1.54, 1.807) is 0 Å². The van der Waals surface area contributed by atoms with Crippen molar-refractivity contribution in [1.29, 1.82) is 0 Å². The molecule has 0 aromatic rings. The lowest BCUT2D eigenvalue weighted by molar-refractivity contribution is 0.386. The van der Waals surface area contributed by atoms with Crippen LogP contribution in [-0.4, -0.2) is 12.1 Å². The number of rotatable bonds is 1. The lowest BCUT2D eigenvalue weighted by Gasteiger charge is -2.24. The Morgan fingerprint density at radius 2 is 1.78 bits per heavy atom. The van der Waals surface area contributed by atoms with Gasteiger partial charge < -0.3 is 5.73 Å². The Labute approximate surface area is 70.1 Å². The van der Waals surface area contributed by atoms with E-state index >= 15 is 0 Å². The van der Waals surface area contributed by atoms with Crippen LogP contribution in [0.2, 0.25) is 0 Å². The van der Waals surface area contributed by atoms with Gasteiger partial charge in [0.1, 0.15) is 0 Å². The summed E-state index contributed by atoms with van der Waals surface area (Å²) in [5.74, 6) is 0. The molecule has 3 N–H and O–H groups in total. The van der Waals surface area contributed by atoms with E-state index in [1.807, 2.05) is 0 Å². The average molecular weight is 240 g/mol. The highest BCUT2D eigenvalue weighted by molar-refractivity contribution is 14.1. The zero-order chi connectivity index (χ0) is 6.69. The Hall–Kier alpha value is 0.650. The molecule has 1 aliphatic carbocycles. The van der Waals surface area contributed by atoms with E-state index in [4.69, 9.17) is 5.73 Å². The molecule has 0 spiro atoms. The minimum absolute atomic E-state index is 0.478. The molecule has 0 amide bonds. The van der Waals surface area contributed by atoms with Gasteiger partial charge in [-0.15, -0.1) is 0 Å². The molecule has 2 nitrogen and oxygen atoms in total. The number of nitrogens with one attached hydrogen (secondary N) is 1. The van der Waals surface area contributed by atoms with E-state index < -0.39 is 0 Å². The van der Waals surface area contributed by atoms with Gasteiger partial charge in [0.15, 0.2) is 0 Å². The second-order valence-corrected chi connectivity index (χ2v) is 3.34. The molecule has 0 radical (unpaired) electrons. The minimum Gasteiger partial charge on any atom is -0.328 e. The standard InChI is InChI=1S/C6H13IN2/c7-9-6-3-1-5(8)2-4-6/h5-6,9H,1-4,8H2. The summed E-state index contributed by atoms with van der Waals surface area (Å²) in [7, 11) is 0. The van der Waals surface area contributed by atoms with Gasteiger partial charge in [-0.1, -0.05) is 0 Å². The summed E-state index contributed by atoms with van der Waals surface area (Å²) < 4.78 is 3.24. The van der Waals surface area contributed by atoms with E-state index in [1.165, 1.54) is 25.7 Å². The van der Waals surface area contributed by atoms with Gasteiger partial charge in [0.25, 0.3) is 0 Å². The molecule has 0 aromatic carbocycles. The fourth-order valence-corrected chi connectivity index (χ4v) is 1.85. The second-order valence-electron chi connectivity index (χ2n) is 2.72. The highest BCUT2D eigenvalue weighted by atomic mass is 127. The molecular weight excluding hydrogens is 227 g/mol. The first-order valence-electron chi connectivity index (χ1n) is 3.44. The van der Waals surface area contributed by atoms with Crippen molar-refractivity contribution >= 4 is 22.9 Å². The first kappa shape index (κ1) is 7.75. The maximum atomic E-state index is 5.72. The molecule has 1 fully saturated rings. The molecule has 54 valence electrons. The van der Waals surface area contributed by atoms with Crippen LogP contribution in [0.15, 0.2) is 0 Å². The van der Waals surface area contributed by atoms with E-state index in [0.717, 1.165) is 6.04 Å². The van der Waals surface area contributed by atoms with Gasteiger partial charge in [0, 0.05) is 34.9 Å². The smallest absolute Gasteiger partial charge is 0.0172 e. The van der Waals surface area contributed by atoms with E-state index in [9.17, 15) is 0 Å². The second kappa shape index (κ2) is 3.73. The van der Waals surface area contributed by atoms with Crippen LogP contribution in [0.25, 0.3) is 0 Å². The lowest BCUT2D eigenvalue weighted by atomic mass is 9.93. The van der Waals surface area contributed by atoms with Crippen LogP contribution in [0, 0.1) is 0 Å². The zero-order valence-electron chi connectivity index (χ0n) is 5.44. The summed E-state index contributed by atoms with van der Waals surface area (Å²) in [5, 5.41) is 0. The Bertz CT molecular complexity index is 79.1. The molecule has 0 bridgehead atoms. The van der Waals surface area contributed by atoms with Gasteiger partial charge >= 0.3 is 0 Å². The van der Waals surface area contributed by atoms with Crippen molar-refractivity contribution in [1.82, 2.24) is 3.53 Å². The summed E-state index contributed by atoms with van der Waals surface area (Å²) >= 11 is 2.22. The number of hydrogen-bond acceptors (Lipinski definition) is 2. The first-order valence-corrected chi connectivity index (χ1v) is 4.52. The quantitative estimate of drug-likeness (QED) is 0.533. The molecule has 0 atom stereocenters. The van der Waals surface area contributed by atoms with Gasteiger partial charge in [-0.3, -0.25) is 3.53 Å². The summed E-state index contributed by atoms with van der Waals surface area (Å²) in [5.41, 5.74) is 5.72. The number of hydrogen-bond donors (Lipinski definition) is 2. The molecule has 0 saturated heterocycles. The Morgan fingerprint density at radius 1 is 1.22 bits per heavy atom. The number of halogens is 1. The fraction of sp³-hybridized carbons (Fsp3) is 1.00. The third kappa shape index (κ3) is 2.39. The van der Waals surface area contributed by atoms with E-state index in [-0.39, 0.29) is 0 Å². The molecular formula is C6H13IN2. The van der Waals surface area contributed by atoms with Crippen LogP contribution in [0.3, 0.4) is 0 Å². The molecule has 0 unspecified atom stereocenters. The molecule has 1 aliphatic rings. The van der Waals surface area contributed by atoms with Crippen LogP contribution in [0.4, 0.5) is 0 Å². The summed E-state index contributed by atoms with van der Waals surface area (Å²) in [6, 6.07) is 1.20. The highest BCUT2D eigenvalue weighted by Gasteiger charge is 2.16. The predicted molar refractivity (Wildman–Crippen MR) is 47.4 cm³/mol. The van der Waals surface area contributed by atoms with Crippen molar-refractivity contribution in [2.75, 3.05) is 0 Å². The fourth-order valence-electron chi connectivity index (χ4n) is 1.23. The van der Waals surface area contributed by atoms with Crippen molar-refractivity contribution in [2.45, 2.75) is 37.8 Å². The van der Waals surface area contributed by atoms with Crippen LogP contribution < -0.4 is 9.26 Å². The van der Waals surface area contributed by atoms with Crippen LogP contribution in [0.1, 0.15) is 25.7 Å². The van der Waals surface area contributed by atoms with Crippen LogP contribution in [0.5, 0.6) is 0 Å². The topological polar surface area (TPSA) is 38.0 Å². The third-order valence-electron chi connectivity index (χ3n) is 1.93. The van der Waals surface area contributed by atoms with E-state index in [0.29, 0.717) is 6.04 Å². The minimum atomic E-state index is 0.478. The van der Waals surface area contributed by atoms with Crippen LogP contribution in [-0.2, 0) is 0 Å². The van der Waals surface area contributed by atoms with Crippen molar-refractivity contribution in [2.24, 2.45) is 5.73 Å². The normalized spacial score (nSPS) is 36.7. The van der Waals surface area contributed by atoms with Gasteiger partial charge in [0.2, 0.25) is 0 Å². The van der Waals surface area contributed by atoms with Gasteiger partial charge in [-0.2, -0.15) is 0 Å². The van der Waals surface area contributed by atoms with Crippen molar-refractivity contribution in [3.63, 3.8) is 0 Å². The lowest BCUT2D eigenvalue weighted by Crippen LogP contribution is -2.33. The Balaban J connectivity index is 2.18. The van der Waals surface area contributed by atoms with Gasteiger partial charge in [0.05, 0.1) is 0 Å². The Kier molecular flexibility index (Phi) is 3.21. The maximum Gasteiger partial charge on any atom is 0.0172 e. The van der Waals surface area contributed by atoms with Crippen LogP contribution >= 0.6 is 22.9 Å². The number of nitrogens with two attached hydrogens (primary N) is 1. The van der Waals surface area contributed by atoms with Gasteiger partial charge in [-0.05, 0) is 25.7 Å². The third-order valence-corrected chi connectivity index (χ3v) is 2.81. The Morgan fingerprint density at radius 3 is 2.22 bits per heavy atom. The van der Waals surface area contributed by atoms with E-state index in [2.05, 4.69) is 26.4 Å². The predicted octanol–water partition coefficient (Wildman–Crippen LogP) is 1.20. The van der Waals surface area contributed by atoms with Crippen molar-refractivity contribution in [3.05, 3.63) is 0 Å². The molecule has 0 aliphatic heterocycles. The average Bonchev–Trinajstić information content (AvgIpc) is 1.90. The summed E-state index contributed by atoms with van der Waals surface area (Å²) in [6.45, 7) is 0. The summed E-state index contributed by atoms with van der Waals surface area (Å²) in [4.78, 5) is 0. The molecule has 0 heterocycles. The van der Waals surface area contributed by atoms with Gasteiger partial charge in [-0.25, -0.2) is 0 Å². The molecule has 1 rings (SSSR count). The first-order chi connectivity index (χ1) is 4.33. The van der Waals surface area contributed by atoms with Crippen molar-refractivity contribution in [3.8, 4) is 0 Å². The maximum absolute atomic E-state index is 5.72. The molecule has 0 aromatic heterocycles.